The standard InChI is InChI=1S/C20H23ClFN5O3S2/c1-26(16(29)10-31-19-25-24-18(23)32-19)14-9-27(11-20(14)6-7-20)15(28)5-8-30-17-12(21)3-2-4-13(17)22/h2-4,14H,5-11H2,1H3,(H2,23,24). The fourth-order valence-corrected chi connectivity index (χ4v) is 5.80. The Morgan fingerprint density at radius 3 is 2.88 bits per heavy atom. The van der Waals surface area contributed by atoms with Gasteiger partial charge in [-0.1, -0.05) is 40.8 Å². The van der Waals surface area contributed by atoms with Gasteiger partial charge in [0.1, 0.15) is 0 Å². The van der Waals surface area contributed by atoms with Gasteiger partial charge in [0, 0.05) is 25.6 Å². The Balaban J connectivity index is 1.29. The summed E-state index contributed by atoms with van der Waals surface area (Å²) in [4.78, 5) is 29.1. The number of thioether (sulfide) groups is 1. The minimum absolute atomic E-state index is 0.0214. The van der Waals surface area contributed by atoms with Crippen LogP contribution in [0.2, 0.25) is 5.02 Å². The summed E-state index contributed by atoms with van der Waals surface area (Å²) < 4.78 is 19.9. The zero-order chi connectivity index (χ0) is 22.9. The molecule has 12 heteroatoms. The molecular weight excluding hydrogens is 477 g/mol. The number of nitrogen functional groups attached to an aromatic ring is 1. The number of aromatic nitrogens is 2. The Bertz CT molecular complexity index is 999. The Kier molecular flexibility index (Phi) is 6.78. The molecule has 2 aromatic rings. The predicted octanol–water partition coefficient (Wildman–Crippen LogP) is 2.92. The second-order valence-corrected chi connectivity index (χ2v) is 10.6. The number of nitrogens with zero attached hydrogens (tertiary/aromatic N) is 4. The third-order valence-corrected chi connectivity index (χ3v) is 8.10. The largest absolute Gasteiger partial charge is 0.488 e. The Morgan fingerprint density at radius 2 is 2.22 bits per heavy atom. The van der Waals surface area contributed by atoms with E-state index >= 15 is 0 Å². The number of benzene rings is 1. The molecule has 4 rings (SSSR count). The maximum atomic E-state index is 13.8. The van der Waals surface area contributed by atoms with Crippen LogP contribution in [0, 0.1) is 11.2 Å². The van der Waals surface area contributed by atoms with Crippen molar-refractivity contribution in [1.82, 2.24) is 20.0 Å². The zero-order valence-corrected chi connectivity index (χ0v) is 19.8. The topological polar surface area (TPSA) is 102 Å². The van der Waals surface area contributed by atoms with Gasteiger partial charge in [-0.3, -0.25) is 9.59 Å². The summed E-state index contributed by atoms with van der Waals surface area (Å²) in [6, 6.07) is 4.26. The number of ether oxygens (including phenoxy) is 1. The highest BCUT2D eigenvalue weighted by molar-refractivity contribution is 8.01. The van der Waals surface area contributed by atoms with Gasteiger partial charge in [-0.15, -0.1) is 10.2 Å². The van der Waals surface area contributed by atoms with E-state index in [0.29, 0.717) is 22.6 Å². The van der Waals surface area contributed by atoms with Crippen molar-refractivity contribution in [2.75, 3.05) is 38.2 Å². The maximum absolute atomic E-state index is 13.8. The van der Waals surface area contributed by atoms with Crippen molar-refractivity contribution in [1.29, 1.82) is 0 Å². The monoisotopic (exact) mass is 499 g/mol. The highest BCUT2D eigenvalue weighted by atomic mass is 35.5. The number of hydrogen-bond donors (Lipinski definition) is 1. The van der Waals surface area contributed by atoms with Gasteiger partial charge in [-0.05, 0) is 25.0 Å². The van der Waals surface area contributed by atoms with Crippen LogP contribution in [0.5, 0.6) is 5.75 Å². The molecule has 1 spiro atoms. The number of anilines is 1. The van der Waals surface area contributed by atoms with Crippen LogP contribution >= 0.6 is 34.7 Å². The fraction of sp³-hybridized carbons (Fsp3) is 0.500. The molecule has 1 saturated heterocycles. The molecule has 172 valence electrons. The van der Waals surface area contributed by atoms with Crippen LogP contribution in [0.15, 0.2) is 22.5 Å². The van der Waals surface area contributed by atoms with Crippen molar-refractivity contribution in [3.63, 3.8) is 0 Å². The summed E-state index contributed by atoms with van der Waals surface area (Å²) in [5.41, 5.74) is 5.54. The first-order valence-electron chi connectivity index (χ1n) is 10.1. The number of likely N-dealkylation sites (tertiary alicyclic amines) is 1. The van der Waals surface area contributed by atoms with E-state index in [1.807, 2.05) is 0 Å². The van der Waals surface area contributed by atoms with Crippen molar-refractivity contribution in [2.45, 2.75) is 29.6 Å². The second-order valence-electron chi connectivity index (χ2n) is 8.00. The number of likely N-dealkylation sites (N-methyl/N-ethyl adjacent to an activating group) is 1. The Morgan fingerprint density at radius 1 is 1.44 bits per heavy atom. The van der Waals surface area contributed by atoms with E-state index in [9.17, 15) is 14.0 Å². The molecule has 32 heavy (non-hydrogen) atoms. The van der Waals surface area contributed by atoms with E-state index in [0.717, 1.165) is 12.8 Å². The molecule has 1 aromatic carbocycles. The first kappa shape index (κ1) is 23.1. The van der Waals surface area contributed by atoms with Gasteiger partial charge in [0.15, 0.2) is 15.9 Å². The third kappa shape index (κ3) is 4.94. The summed E-state index contributed by atoms with van der Waals surface area (Å²) in [6.45, 7) is 1.14. The van der Waals surface area contributed by atoms with Gasteiger partial charge in [-0.2, -0.15) is 0 Å². The van der Waals surface area contributed by atoms with Crippen LogP contribution < -0.4 is 10.5 Å². The first-order valence-corrected chi connectivity index (χ1v) is 12.3. The summed E-state index contributed by atoms with van der Waals surface area (Å²) in [7, 11) is 1.79. The first-order chi connectivity index (χ1) is 15.3. The zero-order valence-electron chi connectivity index (χ0n) is 17.4. The Labute approximate surface area is 198 Å². The van der Waals surface area contributed by atoms with Gasteiger partial charge >= 0.3 is 0 Å². The van der Waals surface area contributed by atoms with Crippen molar-refractivity contribution in [2.24, 2.45) is 5.41 Å². The van der Waals surface area contributed by atoms with E-state index in [4.69, 9.17) is 22.1 Å². The van der Waals surface area contributed by atoms with Gasteiger partial charge in [0.25, 0.3) is 0 Å². The van der Waals surface area contributed by atoms with Crippen LogP contribution in [0.3, 0.4) is 0 Å². The van der Waals surface area contributed by atoms with Crippen molar-refractivity contribution < 1.29 is 18.7 Å². The molecule has 1 aliphatic heterocycles. The highest BCUT2D eigenvalue weighted by Crippen LogP contribution is 2.54. The lowest BCUT2D eigenvalue weighted by Crippen LogP contribution is -2.44. The average molecular weight is 500 g/mol. The maximum Gasteiger partial charge on any atom is 0.233 e. The minimum Gasteiger partial charge on any atom is -0.488 e. The number of para-hydroxylation sites is 1. The molecule has 1 unspecified atom stereocenters. The molecule has 2 amide bonds. The Hall–Kier alpha value is -2.11. The van der Waals surface area contributed by atoms with E-state index in [2.05, 4.69) is 10.2 Å². The van der Waals surface area contributed by atoms with E-state index in [-0.39, 0.29) is 52.8 Å². The predicted molar refractivity (Wildman–Crippen MR) is 121 cm³/mol. The molecule has 2 fully saturated rings. The quantitative estimate of drug-likeness (QED) is 0.557. The number of rotatable bonds is 8. The number of amides is 2. The molecule has 1 aliphatic carbocycles. The molecule has 2 aliphatic rings. The smallest absolute Gasteiger partial charge is 0.233 e. The molecule has 2 N–H and O–H groups in total. The molecule has 1 atom stereocenters. The van der Waals surface area contributed by atoms with Crippen LogP contribution in [0.1, 0.15) is 19.3 Å². The minimum atomic E-state index is -0.558. The summed E-state index contributed by atoms with van der Waals surface area (Å²) in [6.07, 6.45) is 2.08. The lowest BCUT2D eigenvalue weighted by atomic mass is 9.99. The fourth-order valence-electron chi connectivity index (χ4n) is 4.02. The highest BCUT2D eigenvalue weighted by Gasteiger charge is 2.57. The normalized spacial score (nSPS) is 18.7. The van der Waals surface area contributed by atoms with Gasteiger partial charge in [0.2, 0.25) is 16.9 Å². The van der Waals surface area contributed by atoms with Gasteiger partial charge < -0.3 is 20.3 Å². The molecule has 0 bridgehead atoms. The molecule has 2 heterocycles. The number of carbonyl (C=O) groups excluding carboxylic acids is 2. The number of hydrogen-bond acceptors (Lipinski definition) is 8. The summed E-state index contributed by atoms with van der Waals surface area (Å²) in [5.74, 6) is -0.460. The number of nitrogens with two attached hydrogens (primary N) is 1. The molecule has 8 nitrogen and oxygen atoms in total. The van der Waals surface area contributed by atoms with Crippen LogP contribution in [0.25, 0.3) is 0 Å². The molecule has 1 saturated carbocycles. The second kappa shape index (κ2) is 9.40. The van der Waals surface area contributed by atoms with E-state index in [1.54, 1.807) is 16.8 Å². The molecular formula is C20H23ClFN5O3S2. The van der Waals surface area contributed by atoms with Gasteiger partial charge in [0.05, 0.1) is 29.8 Å². The van der Waals surface area contributed by atoms with Crippen molar-refractivity contribution in [3.05, 3.63) is 29.0 Å². The van der Waals surface area contributed by atoms with Crippen LogP contribution in [0.4, 0.5) is 9.52 Å². The van der Waals surface area contributed by atoms with Crippen LogP contribution in [-0.4, -0.2) is 70.4 Å². The lowest BCUT2D eigenvalue weighted by Gasteiger charge is -2.28. The SMILES string of the molecule is CN(C(=O)CSc1nnc(N)s1)C1CN(C(=O)CCOc2c(F)cccc2Cl)CC12CC2. The number of halogens is 2. The van der Waals surface area contributed by atoms with Crippen LogP contribution in [-0.2, 0) is 9.59 Å². The van der Waals surface area contributed by atoms with E-state index in [1.165, 1.54) is 41.3 Å². The van der Waals surface area contributed by atoms with Gasteiger partial charge in [-0.25, -0.2) is 4.39 Å². The van der Waals surface area contributed by atoms with Crippen molar-refractivity contribution >= 4 is 51.6 Å². The van der Waals surface area contributed by atoms with Crippen molar-refractivity contribution in [3.8, 4) is 5.75 Å². The summed E-state index contributed by atoms with van der Waals surface area (Å²) in [5, 5.41) is 8.21. The number of carbonyl (C=O) groups is 2. The average Bonchev–Trinajstić information content (AvgIpc) is 3.24. The molecule has 1 aromatic heterocycles. The van der Waals surface area contributed by atoms with E-state index < -0.39 is 5.82 Å². The third-order valence-electron chi connectivity index (χ3n) is 5.93. The molecule has 0 radical (unpaired) electrons. The summed E-state index contributed by atoms with van der Waals surface area (Å²) >= 11 is 8.51. The lowest BCUT2D eigenvalue weighted by molar-refractivity contribution is -0.133.